The van der Waals surface area contributed by atoms with Crippen molar-refractivity contribution in [2.75, 3.05) is 20.1 Å². The minimum absolute atomic E-state index is 0.0703. The third-order valence-electron chi connectivity index (χ3n) is 5.74. The molecule has 4 aromatic rings. The Labute approximate surface area is 181 Å². The third-order valence-corrected chi connectivity index (χ3v) is 7.51. The van der Waals surface area contributed by atoms with Crippen molar-refractivity contribution in [2.45, 2.75) is 17.5 Å². The van der Waals surface area contributed by atoms with E-state index in [0.29, 0.717) is 18.8 Å². The topological polar surface area (TPSA) is 91.0 Å². The van der Waals surface area contributed by atoms with E-state index in [9.17, 15) is 8.42 Å². The van der Waals surface area contributed by atoms with E-state index < -0.39 is 10.0 Å². The van der Waals surface area contributed by atoms with Crippen LogP contribution in [0.15, 0.2) is 71.9 Å². The van der Waals surface area contributed by atoms with Gasteiger partial charge in [-0.25, -0.2) is 18.4 Å². The van der Waals surface area contributed by atoms with E-state index in [1.807, 2.05) is 55.6 Å². The lowest BCUT2D eigenvalue weighted by Crippen LogP contribution is -2.33. The maximum absolute atomic E-state index is 13.1. The number of benzene rings is 1. The lowest BCUT2D eigenvalue weighted by Gasteiger charge is -2.16. The van der Waals surface area contributed by atoms with E-state index in [1.165, 1.54) is 4.31 Å². The lowest BCUT2D eigenvalue weighted by molar-refractivity contribution is 0.462. The van der Waals surface area contributed by atoms with Gasteiger partial charge in [0.05, 0.1) is 5.69 Å². The molecule has 1 aliphatic heterocycles. The predicted octanol–water partition coefficient (Wildman–Crippen LogP) is 3.27. The molecule has 0 amide bonds. The zero-order valence-corrected chi connectivity index (χ0v) is 17.9. The minimum Gasteiger partial charge on any atom is -0.339 e. The van der Waals surface area contributed by atoms with Crippen LogP contribution in [0.1, 0.15) is 6.42 Å². The summed E-state index contributed by atoms with van der Waals surface area (Å²) in [7, 11) is -1.78. The molecule has 2 N–H and O–H groups in total. The van der Waals surface area contributed by atoms with Crippen molar-refractivity contribution in [3.63, 3.8) is 0 Å². The fraction of sp³-hybridized carbons (Fsp3) is 0.217. The molecule has 4 heterocycles. The molecular weight excluding hydrogens is 410 g/mol. The summed E-state index contributed by atoms with van der Waals surface area (Å²) in [6.07, 6.45) is 2.52. The molecule has 0 bridgehead atoms. The number of sulfonamides is 1. The molecule has 7 nitrogen and oxygen atoms in total. The van der Waals surface area contributed by atoms with Gasteiger partial charge in [0, 0.05) is 42.0 Å². The minimum atomic E-state index is -3.63. The van der Waals surface area contributed by atoms with E-state index in [-0.39, 0.29) is 11.1 Å². The fourth-order valence-corrected chi connectivity index (χ4v) is 5.41. The highest BCUT2D eigenvalue weighted by Crippen LogP contribution is 2.27. The van der Waals surface area contributed by atoms with Gasteiger partial charge in [0.15, 0.2) is 5.03 Å². The molecule has 31 heavy (non-hydrogen) atoms. The molecule has 0 radical (unpaired) electrons. The Morgan fingerprint density at radius 2 is 1.90 bits per heavy atom. The van der Waals surface area contributed by atoms with Gasteiger partial charge in [-0.1, -0.05) is 36.4 Å². The summed E-state index contributed by atoms with van der Waals surface area (Å²) in [5.41, 5.74) is 4.21. The number of hydrogen-bond acceptors (Lipinski definition) is 5. The van der Waals surface area contributed by atoms with Gasteiger partial charge < -0.3 is 10.3 Å². The van der Waals surface area contributed by atoms with Crippen molar-refractivity contribution < 1.29 is 8.42 Å². The molecule has 5 rings (SSSR count). The first-order valence-electron chi connectivity index (χ1n) is 10.2. The van der Waals surface area contributed by atoms with Gasteiger partial charge in [-0.05, 0) is 43.3 Å². The molecule has 1 atom stereocenters. The fourth-order valence-electron chi connectivity index (χ4n) is 3.96. The van der Waals surface area contributed by atoms with Crippen LogP contribution in [0.2, 0.25) is 0 Å². The van der Waals surface area contributed by atoms with E-state index in [4.69, 9.17) is 0 Å². The van der Waals surface area contributed by atoms with Crippen LogP contribution in [0.5, 0.6) is 0 Å². The molecule has 0 saturated carbocycles. The van der Waals surface area contributed by atoms with Crippen molar-refractivity contribution in [2.24, 2.45) is 0 Å². The van der Waals surface area contributed by atoms with Crippen LogP contribution in [-0.4, -0.2) is 53.9 Å². The highest BCUT2D eigenvalue weighted by molar-refractivity contribution is 7.89. The van der Waals surface area contributed by atoms with Gasteiger partial charge in [0.1, 0.15) is 5.65 Å². The quantitative estimate of drug-likeness (QED) is 0.504. The molecule has 1 aromatic carbocycles. The van der Waals surface area contributed by atoms with Gasteiger partial charge in [0.25, 0.3) is 10.0 Å². The van der Waals surface area contributed by atoms with Gasteiger partial charge in [-0.2, -0.15) is 4.31 Å². The molecule has 158 valence electrons. The maximum atomic E-state index is 13.1. The Kier molecular flexibility index (Phi) is 5.05. The first kappa shape index (κ1) is 19.9. The average molecular weight is 434 g/mol. The molecule has 0 spiro atoms. The number of hydrogen-bond donors (Lipinski definition) is 2. The molecule has 1 fully saturated rings. The highest BCUT2D eigenvalue weighted by Gasteiger charge is 2.32. The zero-order valence-electron chi connectivity index (χ0n) is 17.1. The van der Waals surface area contributed by atoms with Gasteiger partial charge in [-0.15, -0.1) is 0 Å². The normalized spacial score (nSPS) is 17.4. The number of aromatic nitrogens is 3. The second-order valence-electron chi connectivity index (χ2n) is 7.71. The number of likely N-dealkylation sites (N-methyl/N-ethyl adjacent to an activating group) is 1. The molecule has 3 aromatic heterocycles. The highest BCUT2D eigenvalue weighted by atomic mass is 32.2. The number of rotatable bonds is 5. The number of aromatic amines is 1. The predicted molar refractivity (Wildman–Crippen MR) is 121 cm³/mol. The lowest BCUT2D eigenvalue weighted by atomic mass is 10.1. The number of pyridine rings is 2. The Hall–Kier alpha value is -3.07. The Morgan fingerprint density at radius 1 is 1.06 bits per heavy atom. The summed E-state index contributed by atoms with van der Waals surface area (Å²) < 4.78 is 27.6. The van der Waals surface area contributed by atoms with Crippen LogP contribution in [0.25, 0.3) is 33.5 Å². The molecule has 8 heteroatoms. The van der Waals surface area contributed by atoms with E-state index in [0.717, 1.165) is 34.3 Å². The summed E-state index contributed by atoms with van der Waals surface area (Å²) in [5, 5.41) is 4.17. The van der Waals surface area contributed by atoms with Crippen LogP contribution in [0, 0.1) is 0 Å². The molecule has 1 unspecified atom stereocenters. The van der Waals surface area contributed by atoms with Crippen LogP contribution in [0.4, 0.5) is 0 Å². The number of nitrogens with one attached hydrogen (secondary N) is 2. The number of fused-ring (bicyclic) bond motifs is 1. The average Bonchev–Trinajstić information content (AvgIpc) is 3.47. The first-order chi connectivity index (χ1) is 15.0. The summed E-state index contributed by atoms with van der Waals surface area (Å²) in [6, 6.07) is 19.4. The Balaban J connectivity index is 1.48. The number of H-pyrrole nitrogens is 1. The standard InChI is InChI=1S/C23H23N5O2S/c1-24-19-10-11-28(15-19)31(29,30)22-9-5-8-20(26-22)18-12-17-13-21(27-23(17)25-14-18)16-6-3-2-4-7-16/h2-9,12-14,19,24H,10-11,15H2,1H3,(H,25,27). The second-order valence-corrected chi connectivity index (χ2v) is 9.59. The molecular formula is C23H23N5O2S. The van der Waals surface area contributed by atoms with Gasteiger partial charge in [0.2, 0.25) is 0 Å². The van der Waals surface area contributed by atoms with Crippen molar-refractivity contribution in [3.8, 4) is 22.5 Å². The van der Waals surface area contributed by atoms with Crippen molar-refractivity contribution in [1.82, 2.24) is 24.6 Å². The van der Waals surface area contributed by atoms with Crippen molar-refractivity contribution in [3.05, 3.63) is 66.9 Å². The Morgan fingerprint density at radius 3 is 2.68 bits per heavy atom. The largest absolute Gasteiger partial charge is 0.339 e. The van der Waals surface area contributed by atoms with Gasteiger partial charge in [-0.3, -0.25) is 0 Å². The number of nitrogens with zero attached hydrogens (tertiary/aromatic N) is 3. The summed E-state index contributed by atoms with van der Waals surface area (Å²) in [5.74, 6) is 0. The van der Waals surface area contributed by atoms with Crippen LogP contribution in [0.3, 0.4) is 0 Å². The monoisotopic (exact) mass is 433 g/mol. The summed E-state index contributed by atoms with van der Waals surface area (Å²) >= 11 is 0. The summed E-state index contributed by atoms with van der Waals surface area (Å²) in [4.78, 5) is 12.3. The summed E-state index contributed by atoms with van der Waals surface area (Å²) in [6.45, 7) is 0.961. The van der Waals surface area contributed by atoms with Crippen molar-refractivity contribution >= 4 is 21.1 Å². The van der Waals surface area contributed by atoms with Gasteiger partial charge >= 0.3 is 0 Å². The second kappa shape index (κ2) is 7.88. The zero-order chi connectivity index (χ0) is 21.4. The SMILES string of the molecule is CNC1CCN(S(=O)(=O)c2cccc(-c3cnc4[nH]c(-c5ccccc5)cc4c3)n2)C1. The molecule has 1 saturated heterocycles. The third kappa shape index (κ3) is 3.74. The molecule has 1 aliphatic rings. The Bertz CT molecular complexity index is 1330. The van der Waals surface area contributed by atoms with E-state index >= 15 is 0 Å². The van der Waals surface area contributed by atoms with E-state index in [2.05, 4.69) is 20.3 Å². The molecule has 0 aliphatic carbocycles. The van der Waals surface area contributed by atoms with Crippen LogP contribution < -0.4 is 5.32 Å². The maximum Gasteiger partial charge on any atom is 0.260 e. The van der Waals surface area contributed by atoms with Crippen LogP contribution in [-0.2, 0) is 10.0 Å². The van der Waals surface area contributed by atoms with Crippen molar-refractivity contribution in [1.29, 1.82) is 0 Å². The first-order valence-corrected chi connectivity index (χ1v) is 11.7. The van der Waals surface area contributed by atoms with Crippen LogP contribution >= 0.6 is 0 Å². The smallest absolute Gasteiger partial charge is 0.260 e. The van der Waals surface area contributed by atoms with E-state index in [1.54, 1.807) is 18.3 Å².